The van der Waals surface area contributed by atoms with Crippen molar-refractivity contribution >= 4 is 34.4 Å². The van der Waals surface area contributed by atoms with Crippen LogP contribution in [0.3, 0.4) is 0 Å². The van der Waals surface area contributed by atoms with Gasteiger partial charge in [-0.15, -0.1) is 11.6 Å². The van der Waals surface area contributed by atoms with E-state index in [1.165, 1.54) is 7.11 Å². The molecule has 1 amide bonds. The third kappa shape index (κ3) is 2.37. The molecule has 130 valence electrons. The van der Waals surface area contributed by atoms with E-state index in [-0.39, 0.29) is 18.2 Å². The Morgan fingerprint density at radius 1 is 1.36 bits per heavy atom. The van der Waals surface area contributed by atoms with Gasteiger partial charge in [-0.25, -0.2) is 4.79 Å². The number of aromatic amines is 1. The Bertz CT molecular complexity index is 874. The van der Waals surface area contributed by atoms with Crippen molar-refractivity contribution in [2.24, 2.45) is 5.92 Å². The zero-order chi connectivity index (χ0) is 17.6. The molecule has 0 unspecified atom stereocenters. The van der Waals surface area contributed by atoms with Crippen LogP contribution in [0.2, 0.25) is 0 Å². The topological polar surface area (TPSA) is 62.4 Å². The van der Waals surface area contributed by atoms with E-state index in [1.54, 1.807) is 4.90 Å². The number of esters is 1. The molecular weight excluding hydrogens is 340 g/mol. The van der Waals surface area contributed by atoms with Crippen LogP contribution in [-0.4, -0.2) is 46.3 Å². The fourth-order valence-electron chi connectivity index (χ4n) is 4.12. The number of amides is 1. The van der Waals surface area contributed by atoms with Crippen molar-refractivity contribution in [3.8, 4) is 0 Å². The molecule has 1 aromatic heterocycles. The summed E-state index contributed by atoms with van der Waals surface area (Å²) in [7, 11) is 1.34. The summed E-state index contributed by atoms with van der Waals surface area (Å²) in [6.07, 6.45) is 6.40. The minimum atomic E-state index is -1.10. The average Bonchev–Trinajstić information content (AvgIpc) is 3.18. The number of H-pyrrole nitrogens is 1. The molecular formula is C19H19ClN2O3. The van der Waals surface area contributed by atoms with E-state index >= 15 is 0 Å². The van der Waals surface area contributed by atoms with Crippen molar-refractivity contribution in [2.45, 2.75) is 23.8 Å². The highest BCUT2D eigenvalue weighted by molar-refractivity contribution is 6.25. The number of hydrogen-bond acceptors (Lipinski definition) is 3. The summed E-state index contributed by atoms with van der Waals surface area (Å²) in [5, 5.41) is 0.441. The Hall–Kier alpha value is -2.27. The largest absolute Gasteiger partial charge is 0.467 e. The van der Waals surface area contributed by atoms with Crippen LogP contribution in [0.4, 0.5) is 0 Å². The molecule has 1 fully saturated rings. The lowest BCUT2D eigenvalue weighted by molar-refractivity contribution is -0.158. The maximum atomic E-state index is 13.1. The minimum Gasteiger partial charge on any atom is -0.467 e. The number of fused-ring (bicyclic) bond motifs is 3. The van der Waals surface area contributed by atoms with Crippen molar-refractivity contribution in [1.29, 1.82) is 0 Å². The molecule has 2 bridgehead atoms. The van der Waals surface area contributed by atoms with Crippen LogP contribution >= 0.6 is 11.6 Å². The number of benzene rings is 1. The first-order valence-corrected chi connectivity index (χ1v) is 8.76. The van der Waals surface area contributed by atoms with Gasteiger partial charge in [-0.05, 0) is 24.0 Å². The van der Waals surface area contributed by atoms with E-state index in [2.05, 4.69) is 4.98 Å². The van der Waals surface area contributed by atoms with Crippen molar-refractivity contribution < 1.29 is 14.3 Å². The van der Waals surface area contributed by atoms with Gasteiger partial charge in [0.15, 0.2) is 5.54 Å². The van der Waals surface area contributed by atoms with E-state index in [9.17, 15) is 9.59 Å². The summed E-state index contributed by atoms with van der Waals surface area (Å²) in [5.41, 5.74) is 0.810. The lowest BCUT2D eigenvalue weighted by Crippen LogP contribution is -2.59. The molecule has 0 saturated carbocycles. The van der Waals surface area contributed by atoms with Gasteiger partial charge >= 0.3 is 5.97 Å². The zero-order valence-electron chi connectivity index (χ0n) is 13.9. The van der Waals surface area contributed by atoms with E-state index < -0.39 is 16.9 Å². The Morgan fingerprint density at radius 3 is 2.96 bits per heavy atom. The predicted octanol–water partition coefficient (Wildman–Crippen LogP) is 2.65. The Balaban J connectivity index is 1.66. The molecule has 3 atom stereocenters. The Kier molecular flexibility index (Phi) is 3.84. The number of nitrogens with one attached hydrogen (secondary N) is 1. The summed E-state index contributed by atoms with van der Waals surface area (Å²) < 4.78 is 5.01. The van der Waals surface area contributed by atoms with Gasteiger partial charge in [-0.1, -0.05) is 30.4 Å². The van der Waals surface area contributed by atoms with Gasteiger partial charge in [0.25, 0.3) is 0 Å². The highest BCUT2D eigenvalue weighted by Gasteiger charge is 2.59. The van der Waals surface area contributed by atoms with Gasteiger partial charge in [0, 0.05) is 23.6 Å². The van der Waals surface area contributed by atoms with E-state index in [0.717, 1.165) is 16.5 Å². The summed E-state index contributed by atoms with van der Waals surface area (Å²) in [5.74, 6) is -0.403. The number of para-hydroxylation sites is 1. The molecule has 25 heavy (non-hydrogen) atoms. The number of rotatable bonds is 3. The maximum Gasteiger partial charge on any atom is 0.333 e. The van der Waals surface area contributed by atoms with E-state index in [0.29, 0.717) is 13.0 Å². The average molecular weight is 359 g/mol. The number of carbonyl (C=O) groups is 2. The zero-order valence-corrected chi connectivity index (χ0v) is 14.6. The van der Waals surface area contributed by atoms with Crippen molar-refractivity contribution in [3.05, 3.63) is 48.2 Å². The second-order valence-corrected chi connectivity index (χ2v) is 7.18. The Morgan fingerprint density at radius 2 is 2.16 bits per heavy atom. The van der Waals surface area contributed by atoms with Gasteiger partial charge < -0.3 is 14.6 Å². The predicted molar refractivity (Wildman–Crippen MR) is 95.4 cm³/mol. The van der Waals surface area contributed by atoms with Crippen molar-refractivity contribution in [1.82, 2.24) is 9.88 Å². The van der Waals surface area contributed by atoms with Crippen molar-refractivity contribution in [2.75, 3.05) is 13.7 Å². The second-order valence-electron chi connectivity index (χ2n) is 6.71. The fraction of sp³-hybridized carbons (Fsp3) is 0.368. The highest BCUT2D eigenvalue weighted by Crippen LogP contribution is 2.44. The number of carbonyl (C=O) groups excluding carboxylic acids is 2. The van der Waals surface area contributed by atoms with Crippen LogP contribution in [0.5, 0.6) is 0 Å². The van der Waals surface area contributed by atoms with Gasteiger partial charge in [-0.2, -0.15) is 0 Å². The lowest BCUT2D eigenvalue weighted by Gasteiger charge is -2.38. The van der Waals surface area contributed by atoms with Gasteiger partial charge in [0.2, 0.25) is 5.91 Å². The summed E-state index contributed by atoms with van der Waals surface area (Å²) in [6, 6.07) is 7.85. The van der Waals surface area contributed by atoms with Crippen molar-refractivity contribution in [3.63, 3.8) is 0 Å². The third-order valence-electron chi connectivity index (χ3n) is 5.34. The standard InChI is InChI=1S/C19H19ClN2O3/c1-25-18(24)19-9-12(6-7-16(19)20)11-22(19)17(23)8-13-10-21-15-5-3-2-4-14(13)15/h2-7,10,12,16,21H,8-9,11H2,1H3/t12-,16-,19-/m0/s1. The normalized spacial score (nSPS) is 27.7. The number of alkyl halides is 1. The number of likely N-dealkylation sites (tertiary alicyclic amines) is 1. The molecule has 1 aliphatic heterocycles. The first-order valence-electron chi connectivity index (χ1n) is 8.32. The monoisotopic (exact) mass is 358 g/mol. The molecule has 1 saturated heterocycles. The smallest absolute Gasteiger partial charge is 0.333 e. The molecule has 1 N–H and O–H groups in total. The SMILES string of the molecule is COC(=O)[C@]12C[C@H](C=C[C@@H]1Cl)CN2C(=O)Cc1c[nH]c2ccccc12. The number of hydrogen-bond donors (Lipinski definition) is 1. The fourth-order valence-corrected chi connectivity index (χ4v) is 4.50. The first-order chi connectivity index (χ1) is 12.1. The number of nitrogens with zero attached hydrogens (tertiary/aromatic N) is 1. The number of aromatic nitrogens is 1. The summed E-state index contributed by atoms with van der Waals surface area (Å²) >= 11 is 6.47. The van der Waals surface area contributed by atoms with Crippen LogP contribution in [0, 0.1) is 5.92 Å². The van der Waals surface area contributed by atoms with Crippen LogP contribution in [0.15, 0.2) is 42.6 Å². The summed E-state index contributed by atoms with van der Waals surface area (Å²) in [6.45, 7) is 0.496. The number of ether oxygens (including phenoxy) is 1. The van der Waals surface area contributed by atoms with E-state index in [1.807, 2.05) is 42.6 Å². The minimum absolute atomic E-state index is 0.105. The number of methoxy groups -OCH3 is 1. The third-order valence-corrected chi connectivity index (χ3v) is 5.84. The second kappa shape index (κ2) is 5.92. The summed E-state index contributed by atoms with van der Waals surface area (Å²) in [4.78, 5) is 30.4. The van der Waals surface area contributed by atoms with Crippen LogP contribution in [-0.2, 0) is 20.7 Å². The van der Waals surface area contributed by atoms with Crippen LogP contribution in [0.1, 0.15) is 12.0 Å². The maximum absolute atomic E-state index is 13.1. The molecule has 1 aromatic carbocycles. The number of halogens is 1. The molecule has 2 aliphatic rings. The van der Waals surface area contributed by atoms with Gasteiger partial charge in [0.1, 0.15) is 0 Å². The molecule has 2 aromatic rings. The Labute approximate surface area is 150 Å². The van der Waals surface area contributed by atoms with Gasteiger partial charge in [-0.3, -0.25) is 4.79 Å². The molecule has 1 aliphatic carbocycles. The highest BCUT2D eigenvalue weighted by atomic mass is 35.5. The van der Waals surface area contributed by atoms with Crippen LogP contribution in [0.25, 0.3) is 10.9 Å². The molecule has 5 nitrogen and oxygen atoms in total. The molecule has 2 heterocycles. The van der Waals surface area contributed by atoms with Crippen LogP contribution < -0.4 is 0 Å². The van der Waals surface area contributed by atoms with E-state index in [4.69, 9.17) is 16.3 Å². The molecule has 0 radical (unpaired) electrons. The quantitative estimate of drug-likeness (QED) is 0.521. The molecule has 0 spiro atoms. The lowest BCUT2D eigenvalue weighted by atomic mass is 9.83. The van der Waals surface area contributed by atoms with Gasteiger partial charge in [0.05, 0.1) is 18.9 Å². The first kappa shape index (κ1) is 16.2. The molecule has 4 rings (SSSR count). The molecule has 6 heteroatoms.